The molecule has 0 saturated carbocycles. The maximum Gasteiger partial charge on any atom is 0.227 e. The third-order valence-corrected chi connectivity index (χ3v) is 5.02. The topological polar surface area (TPSA) is 82.5 Å². The van der Waals surface area contributed by atoms with Crippen LogP contribution >= 0.6 is 0 Å². The second-order valence-electron chi connectivity index (χ2n) is 7.34. The van der Waals surface area contributed by atoms with Crippen LogP contribution in [-0.2, 0) is 24.2 Å². The summed E-state index contributed by atoms with van der Waals surface area (Å²) in [4.78, 5) is 30.3. The van der Waals surface area contributed by atoms with Crippen LogP contribution in [0.4, 0.5) is 5.82 Å². The summed E-state index contributed by atoms with van der Waals surface area (Å²) in [7, 11) is 3.94. The van der Waals surface area contributed by atoms with Gasteiger partial charge in [-0.05, 0) is 36.2 Å². The minimum Gasteiger partial charge on any atom is -0.508 e. The molecule has 0 radical (unpaired) electrons. The van der Waals surface area contributed by atoms with Crippen molar-refractivity contribution in [3.63, 3.8) is 0 Å². The Hall–Kier alpha value is -3.48. The van der Waals surface area contributed by atoms with E-state index in [4.69, 9.17) is 9.97 Å². The largest absolute Gasteiger partial charge is 0.508 e. The van der Waals surface area contributed by atoms with Gasteiger partial charge in [-0.25, -0.2) is 9.97 Å². The number of aromatic hydroxyl groups is 1. The zero-order chi connectivity index (χ0) is 20.4. The number of anilines is 1. The van der Waals surface area contributed by atoms with Gasteiger partial charge >= 0.3 is 0 Å². The van der Waals surface area contributed by atoms with E-state index in [9.17, 15) is 9.90 Å². The lowest BCUT2D eigenvalue weighted by atomic mass is 10.0. The number of fused-ring (bicyclic) bond motifs is 1. The van der Waals surface area contributed by atoms with Gasteiger partial charge in [-0.15, -0.1) is 0 Å². The summed E-state index contributed by atoms with van der Waals surface area (Å²) in [5, 5.41) is 9.64. The van der Waals surface area contributed by atoms with E-state index in [1.54, 1.807) is 30.6 Å². The highest BCUT2D eigenvalue weighted by Gasteiger charge is 2.26. The lowest BCUT2D eigenvalue weighted by molar-refractivity contribution is -0.131. The van der Waals surface area contributed by atoms with Gasteiger partial charge in [0.15, 0.2) is 5.82 Å². The Labute approximate surface area is 169 Å². The van der Waals surface area contributed by atoms with Crippen molar-refractivity contribution in [3.05, 3.63) is 65.6 Å². The summed E-state index contributed by atoms with van der Waals surface area (Å²) < 4.78 is 0. The summed E-state index contributed by atoms with van der Waals surface area (Å²) in [6, 6.07) is 10.6. The first kappa shape index (κ1) is 18.9. The Bertz CT molecular complexity index is 1040. The van der Waals surface area contributed by atoms with Crippen molar-refractivity contribution in [2.75, 3.05) is 25.5 Å². The predicted octanol–water partition coefficient (Wildman–Crippen LogP) is 2.44. The van der Waals surface area contributed by atoms with Gasteiger partial charge in [0.2, 0.25) is 5.91 Å². The molecule has 4 rings (SSSR count). The normalized spacial score (nSPS) is 13.1. The fraction of sp³-hybridized carbons (Fsp3) is 0.273. The van der Waals surface area contributed by atoms with Crippen LogP contribution < -0.4 is 4.90 Å². The van der Waals surface area contributed by atoms with Gasteiger partial charge in [-0.3, -0.25) is 9.78 Å². The zero-order valence-corrected chi connectivity index (χ0v) is 16.5. The monoisotopic (exact) mass is 389 g/mol. The number of rotatable bonds is 4. The molecule has 1 amide bonds. The molecule has 1 aromatic carbocycles. The fourth-order valence-corrected chi connectivity index (χ4v) is 3.58. The highest BCUT2D eigenvalue weighted by Crippen LogP contribution is 2.28. The number of amides is 1. The van der Waals surface area contributed by atoms with E-state index in [0.29, 0.717) is 25.3 Å². The Morgan fingerprint density at radius 1 is 1.17 bits per heavy atom. The molecule has 7 heteroatoms. The van der Waals surface area contributed by atoms with Gasteiger partial charge in [0.1, 0.15) is 11.6 Å². The van der Waals surface area contributed by atoms with Crippen LogP contribution in [0.5, 0.6) is 5.75 Å². The molecule has 0 fully saturated rings. The van der Waals surface area contributed by atoms with Gasteiger partial charge in [-0.2, -0.15) is 0 Å². The van der Waals surface area contributed by atoms with E-state index in [-0.39, 0.29) is 18.1 Å². The molecule has 3 aromatic rings. The Morgan fingerprint density at radius 2 is 1.97 bits per heavy atom. The van der Waals surface area contributed by atoms with Crippen LogP contribution in [0.15, 0.2) is 48.8 Å². The van der Waals surface area contributed by atoms with Gasteiger partial charge in [-0.1, -0.05) is 12.1 Å². The standard InChI is InChI=1S/C22H23N5O2/c1-26(2)22-18-8-11-27(20(29)13-15-4-3-5-17(28)12-15)14-19(18)24-21(25-22)16-6-9-23-10-7-16/h3-7,9-10,12,28H,8,11,13-14H2,1-2H3. The fourth-order valence-electron chi connectivity index (χ4n) is 3.58. The van der Waals surface area contributed by atoms with Crippen molar-refractivity contribution in [1.29, 1.82) is 0 Å². The van der Waals surface area contributed by atoms with Crippen LogP contribution in [0, 0.1) is 0 Å². The molecule has 0 aliphatic carbocycles. The van der Waals surface area contributed by atoms with E-state index in [2.05, 4.69) is 4.98 Å². The average Bonchev–Trinajstić information content (AvgIpc) is 2.73. The first-order valence-corrected chi connectivity index (χ1v) is 9.54. The molecule has 1 aliphatic heterocycles. The number of phenols is 1. The van der Waals surface area contributed by atoms with Gasteiger partial charge in [0.05, 0.1) is 18.7 Å². The number of aromatic nitrogens is 3. The first-order chi connectivity index (χ1) is 14.0. The summed E-state index contributed by atoms with van der Waals surface area (Å²) in [5.41, 5.74) is 3.67. The smallest absolute Gasteiger partial charge is 0.227 e. The molecular weight excluding hydrogens is 366 g/mol. The third-order valence-electron chi connectivity index (χ3n) is 5.02. The number of carbonyl (C=O) groups excluding carboxylic acids is 1. The highest BCUT2D eigenvalue weighted by atomic mass is 16.3. The summed E-state index contributed by atoms with van der Waals surface area (Å²) in [5.74, 6) is 1.72. The minimum absolute atomic E-state index is 0.0247. The van der Waals surface area contributed by atoms with Crippen LogP contribution in [-0.4, -0.2) is 51.5 Å². The molecule has 0 atom stereocenters. The third kappa shape index (κ3) is 4.03. The summed E-state index contributed by atoms with van der Waals surface area (Å²) >= 11 is 0. The van der Waals surface area contributed by atoms with Crippen molar-refractivity contribution in [2.24, 2.45) is 0 Å². The maximum atomic E-state index is 12.8. The molecule has 0 spiro atoms. The number of phenolic OH excluding ortho intramolecular Hbond substituents is 1. The predicted molar refractivity (Wildman–Crippen MR) is 111 cm³/mol. The summed E-state index contributed by atoms with van der Waals surface area (Å²) in [6.45, 7) is 1.08. The van der Waals surface area contributed by atoms with Crippen molar-refractivity contribution in [1.82, 2.24) is 19.9 Å². The second-order valence-corrected chi connectivity index (χ2v) is 7.34. The Morgan fingerprint density at radius 3 is 2.69 bits per heavy atom. The Kier molecular flexibility index (Phi) is 5.12. The van der Waals surface area contributed by atoms with Gasteiger partial charge in [0, 0.05) is 44.2 Å². The van der Waals surface area contributed by atoms with Crippen molar-refractivity contribution < 1.29 is 9.90 Å². The van der Waals surface area contributed by atoms with Gasteiger partial charge < -0.3 is 14.9 Å². The molecule has 0 unspecified atom stereocenters. The summed E-state index contributed by atoms with van der Waals surface area (Å²) in [6.07, 6.45) is 4.41. The van der Waals surface area contributed by atoms with Gasteiger partial charge in [0.25, 0.3) is 0 Å². The van der Waals surface area contributed by atoms with Crippen LogP contribution in [0.3, 0.4) is 0 Å². The molecular formula is C22H23N5O2. The van der Waals surface area contributed by atoms with E-state index in [1.807, 2.05) is 42.1 Å². The second kappa shape index (κ2) is 7.87. The number of pyridine rings is 1. The number of carbonyl (C=O) groups is 1. The molecule has 7 nitrogen and oxygen atoms in total. The Balaban J connectivity index is 1.62. The quantitative estimate of drug-likeness (QED) is 0.738. The number of hydrogen-bond donors (Lipinski definition) is 1. The van der Waals surface area contributed by atoms with Crippen molar-refractivity contribution in [2.45, 2.75) is 19.4 Å². The van der Waals surface area contributed by atoms with Crippen molar-refractivity contribution in [3.8, 4) is 17.1 Å². The minimum atomic E-state index is 0.0247. The molecule has 0 bridgehead atoms. The van der Waals surface area contributed by atoms with E-state index < -0.39 is 0 Å². The molecule has 0 saturated heterocycles. The first-order valence-electron chi connectivity index (χ1n) is 9.54. The number of nitrogens with zero attached hydrogens (tertiary/aromatic N) is 5. The lowest BCUT2D eigenvalue weighted by Gasteiger charge is -2.31. The SMILES string of the molecule is CN(C)c1nc(-c2ccncc2)nc2c1CCN(C(=O)Cc1cccc(O)c1)C2. The average molecular weight is 389 g/mol. The highest BCUT2D eigenvalue weighted by molar-refractivity contribution is 5.79. The lowest BCUT2D eigenvalue weighted by Crippen LogP contribution is -2.38. The van der Waals surface area contributed by atoms with Crippen LogP contribution in [0.1, 0.15) is 16.8 Å². The number of benzene rings is 1. The van der Waals surface area contributed by atoms with Crippen LogP contribution in [0.25, 0.3) is 11.4 Å². The van der Waals surface area contributed by atoms with Crippen molar-refractivity contribution >= 4 is 11.7 Å². The zero-order valence-electron chi connectivity index (χ0n) is 16.5. The van der Waals surface area contributed by atoms with Crippen LogP contribution in [0.2, 0.25) is 0 Å². The molecule has 3 heterocycles. The number of hydrogen-bond acceptors (Lipinski definition) is 6. The van der Waals surface area contributed by atoms with E-state index >= 15 is 0 Å². The van der Waals surface area contributed by atoms with E-state index in [1.165, 1.54) is 0 Å². The molecule has 1 N–H and O–H groups in total. The maximum absolute atomic E-state index is 12.8. The molecule has 2 aromatic heterocycles. The molecule has 29 heavy (non-hydrogen) atoms. The molecule has 148 valence electrons. The molecule has 1 aliphatic rings. The van der Waals surface area contributed by atoms with E-state index in [0.717, 1.165) is 28.2 Å².